The third-order valence-corrected chi connectivity index (χ3v) is 4.89. The van der Waals surface area contributed by atoms with Gasteiger partial charge in [-0.25, -0.2) is 4.79 Å². The Morgan fingerprint density at radius 1 is 0.880 bits per heavy atom. The van der Waals surface area contributed by atoms with Gasteiger partial charge in [0.15, 0.2) is 11.5 Å². The topological polar surface area (TPSA) is 47.9 Å². The van der Waals surface area contributed by atoms with Crippen LogP contribution < -0.4 is 9.57 Å². The predicted octanol–water partition coefficient (Wildman–Crippen LogP) is 6.48. The molecule has 0 saturated heterocycles. The summed E-state index contributed by atoms with van der Waals surface area (Å²) in [5.41, 5.74) is 0. The largest absolute Gasteiger partial charge is 0.420 e. The molecule has 0 bridgehead atoms. The van der Waals surface area contributed by atoms with Crippen molar-refractivity contribution in [3.8, 4) is 11.5 Å². The fraction of sp³-hybridized carbons (Fsp3) is 0. The Morgan fingerprint density at radius 2 is 1.44 bits per heavy atom. The van der Waals surface area contributed by atoms with E-state index in [1.807, 2.05) is 6.07 Å². The number of rotatable bonds is 5. The van der Waals surface area contributed by atoms with E-state index in [1.54, 1.807) is 24.3 Å². The van der Waals surface area contributed by atoms with Gasteiger partial charge in [-0.1, -0.05) is 81.4 Å². The lowest BCUT2D eigenvalue weighted by Gasteiger charge is -2.11. The van der Waals surface area contributed by atoms with Crippen molar-refractivity contribution in [2.75, 3.05) is 0 Å². The van der Waals surface area contributed by atoms with E-state index in [0.29, 0.717) is 5.75 Å². The number of ether oxygens (including phenoxy) is 1. The van der Waals surface area contributed by atoms with Crippen molar-refractivity contribution in [3.63, 3.8) is 0 Å². The van der Waals surface area contributed by atoms with Crippen molar-refractivity contribution in [1.29, 1.82) is 0 Å². The Morgan fingerprint density at radius 3 is 2.04 bits per heavy atom. The van der Waals surface area contributed by atoms with Gasteiger partial charge in [0, 0.05) is 6.08 Å². The smallest absolute Gasteiger partial charge is 0.336 e. The molecule has 0 radical (unpaired) electrons. The molecule has 0 fully saturated rings. The van der Waals surface area contributed by atoms with Gasteiger partial charge in [-0.05, 0) is 18.2 Å². The first-order valence-electron chi connectivity index (χ1n) is 6.57. The van der Waals surface area contributed by atoms with E-state index >= 15 is 0 Å². The SMILES string of the molecule is O=C(/C=C/C=N/Oc1ccccc1)Oc1c(Cl)c(Cl)c(Cl)c(Cl)c1Cl. The van der Waals surface area contributed by atoms with Gasteiger partial charge < -0.3 is 9.57 Å². The number of benzene rings is 2. The van der Waals surface area contributed by atoms with Gasteiger partial charge >= 0.3 is 5.97 Å². The van der Waals surface area contributed by atoms with Crippen molar-refractivity contribution >= 4 is 70.2 Å². The Bertz CT molecular complexity index is 808. The van der Waals surface area contributed by atoms with Crippen LogP contribution >= 0.6 is 58.0 Å². The summed E-state index contributed by atoms with van der Waals surface area (Å²) in [6, 6.07) is 8.90. The summed E-state index contributed by atoms with van der Waals surface area (Å²) in [5.74, 6) is -0.405. The minimum absolute atomic E-state index is 0.0288. The maximum atomic E-state index is 11.8. The maximum Gasteiger partial charge on any atom is 0.336 e. The molecular weight excluding hydrogens is 431 g/mol. The van der Waals surface area contributed by atoms with E-state index in [0.717, 1.165) is 6.08 Å². The van der Waals surface area contributed by atoms with Crippen molar-refractivity contribution in [2.45, 2.75) is 0 Å². The molecule has 0 N–H and O–H groups in total. The van der Waals surface area contributed by atoms with Crippen LogP contribution in [0.5, 0.6) is 11.5 Å². The van der Waals surface area contributed by atoms with Crippen LogP contribution in [-0.2, 0) is 4.79 Å². The molecule has 0 aromatic heterocycles. The molecule has 2 rings (SSSR count). The molecule has 2 aromatic carbocycles. The number of hydrogen-bond donors (Lipinski definition) is 0. The Labute approximate surface area is 168 Å². The van der Waals surface area contributed by atoms with E-state index in [2.05, 4.69) is 5.16 Å². The zero-order valence-electron chi connectivity index (χ0n) is 12.2. The summed E-state index contributed by atoms with van der Waals surface area (Å²) in [7, 11) is 0. The lowest BCUT2D eigenvalue weighted by atomic mass is 10.3. The summed E-state index contributed by atoms with van der Waals surface area (Å²) < 4.78 is 5.04. The van der Waals surface area contributed by atoms with Gasteiger partial charge in [-0.2, -0.15) is 0 Å². The van der Waals surface area contributed by atoms with Crippen LogP contribution in [0.4, 0.5) is 0 Å². The van der Waals surface area contributed by atoms with Crippen LogP contribution in [0.25, 0.3) is 0 Å². The molecule has 9 heteroatoms. The fourth-order valence-corrected chi connectivity index (χ4v) is 2.74. The highest BCUT2D eigenvalue weighted by molar-refractivity contribution is 6.55. The number of para-hydroxylation sites is 1. The number of carbonyl (C=O) groups is 1. The number of allylic oxidation sites excluding steroid dienone is 1. The molecule has 0 spiro atoms. The van der Waals surface area contributed by atoms with Crippen molar-refractivity contribution in [1.82, 2.24) is 0 Å². The van der Waals surface area contributed by atoms with Crippen molar-refractivity contribution in [2.24, 2.45) is 5.16 Å². The lowest BCUT2D eigenvalue weighted by molar-refractivity contribution is -0.128. The first-order chi connectivity index (χ1) is 11.9. The third-order valence-electron chi connectivity index (χ3n) is 2.65. The van der Waals surface area contributed by atoms with Crippen LogP contribution in [0.3, 0.4) is 0 Å². The molecule has 0 saturated carbocycles. The average Bonchev–Trinajstić information content (AvgIpc) is 2.62. The first kappa shape index (κ1) is 19.9. The van der Waals surface area contributed by atoms with E-state index in [4.69, 9.17) is 67.6 Å². The van der Waals surface area contributed by atoms with E-state index in [1.165, 1.54) is 12.3 Å². The number of carbonyl (C=O) groups excluding carboxylic acids is 1. The quantitative estimate of drug-likeness (QED) is 0.102. The number of halogens is 5. The van der Waals surface area contributed by atoms with Crippen LogP contribution in [0.15, 0.2) is 47.6 Å². The van der Waals surface area contributed by atoms with Gasteiger partial charge in [0.2, 0.25) is 0 Å². The highest BCUT2D eigenvalue weighted by Gasteiger charge is 2.21. The molecular formula is C16H8Cl5NO3. The van der Waals surface area contributed by atoms with Crippen LogP contribution in [0.1, 0.15) is 0 Å². The number of esters is 1. The number of hydrogen-bond acceptors (Lipinski definition) is 4. The van der Waals surface area contributed by atoms with Crippen LogP contribution in [-0.4, -0.2) is 12.2 Å². The normalized spacial score (nSPS) is 11.2. The standard InChI is InChI=1S/C16H8Cl5NO3/c17-11-12(18)14(20)16(15(21)13(11)19)24-10(23)7-4-8-22-25-9-5-2-1-3-6-9/h1-8H/b7-4+,22-8+. The van der Waals surface area contributed by atoms with Crippen molar-refractivity contribution < 1.29 is 14.4 Å². The molecule has 0 atom stereocenters. The zero-order valence-corrected chi connectivity index (χ0v) is 16.0. The van der Waals surface area contributed by atoms with Gasteiger partial charge in [-0.15, -0.1) is 0 Å². The van der Waals surface area contributed by atoms with Gasteiger partial charge in [0.25, 0.3) is 0 Å². The molecule has 25 heavy (non-hydrogen) atoms. The van der Waals surface area contributed by atoms with Gasteiger partial charge in [0.1, 0.15) is 10.0 Å². The highest BCUT2D eigenvalue weighted by Crippen LogP contribution is 2.48. The fourth-order valence-electron chi connectivity index (χ4n) is 1.54. The average molecular weight is 440 g/mol. The molecule has 0 unspecified atom stereocenters. The third kappa shape index (κ3) is 5.27. The minimum Gasteiger partial charge on any atom is -0.420 e. The molecule has 0 aliphatic rings. The summed E-state index contributed by atoms with van der Waals surface area (Å²) in [6.45, 7) is 0. The number of nitrogens with zero attached hydrogens (tertiary/aromatic N) is 1. The second kappa shape index (κ2) is 9.32. The number of oxime groups is 1. The molecule has 2 aromatic rings. The predicted molar refractivity (Wildman–Crippen MR) is 102 cm³/mol. The molecule has 0 aliphatic carbocycles. The first-order valence-corrected chi connectivity index (χ1v) is 8.46. The van der Waals surface area contributed by atoms with Gasteiger partial charge in [0.05, 0.1) is 21.3 Å². The Balaban J connectivity index is 2.01. The molecule has 4 nitrogen and oxygen atoms in total. The van der Waals surface area contributed by atoms with E-state index in [-0.39, 0.29) is 30.9 Å². The maximum absolute atomic E-state index is 11.8. The second-order valence-corrected chi connectivity index (χ2v) is 6.23. The van der Waals surface area contributed by atoms with Crippen molar-refractivity contribution in [3.05, 3.63) is 67.6 Å². The summed E-state index contributed by atoms with van der Waals surface area (Å²) in [5, 5.41) is 3.26. The Hall–Kier alpha value is -1.43. The summed E-state index contributed by atoms with van der Waals surface area (Å²) >= 11 is 29.6. The Kier molecular flexibility index (Phi) is 7.41. The highest BCUT2D eigenvalue weighted by atomic mass is 35.5. The molecule has 0 aliphatic heterocycles. The molecule has 0 heterocycles. The van der Waals surface area contributed by atoms with Crippen LogP contribution in [0.2, 0.25) is 25.1 Å². The van der Waals surface area contributed by atoms with E-state index in [9.17, 15) is 4.79 Å². The zero-order chi connectivity index (χ0) is 18.4. The summed E-state index contributed by atoms with van der Waals surface area (Å²) in [6.07, 6.45) is 3.66. The van der Waals surface area contributed by atoms with E-state index < -0.39 is 5.97 Å². The summed E-state index contributed by atoms with van der Waals surface area (Å²) in [4.78, 5) is 16.9. The second-order valence-electron chi connectivity index (χ2n) is 4.34. The van der Waals surface area contributed by atoms with Gasteiger partial charge in [-0.3, -0.25) is 0 Å². The lowest BCUT2D eigenvalue weighted by Crippen LogP contribution is -2.05. The molecule has 0 amide bonds. The monoisotopic (exact) mass is 437 g/mol. The van der Waals surface area contributed by atoms with Crippen LogP contribution in [0, 0.1) is 0 Å². The minimum atomic E-state index is -0.774. The molecule has 130 valence electrons.